The Kier molecular flexibility index (Phi) is 14.1. The Hall–Kier alpha value is -1.09. The summed E-state index contributed by atoms with van der Waals surface area (Å²) in [5, 5.41) is 0. The Labute approximate surface area is 172 Å². The number of unbranched alkanes of at least 4 members (excludes halogenated alkanes) is 10. The Morgan fingerprint density at radius 1 is 0.929 bits per heavy atom. The zero-order chi connectivity index (χ0) is 20.5. The molecule has 0 bridgehead atoms. The average Bonchev–Trinajstić information content (AvgIpc) is 2.65. The van der Waals surface area contributed by atoms with E-state index in [1.165, 1.54) is 64.2 Å². The van der Waals surface area contributed by atoms with E-state index in [0.29, 0.717) is 5.75 Å². The van der Waals surface area contributed by atoms with Crippen LogP contribution in [-0.2, 0) is 15.5 Å². The van der Waals surface area contributed by atoms with Crippen LogP contribution < -0.4 is 4.52 Å². The Morgan fingerprint density at radius 3 is 2.21 bits per heavy atom. The van der Waals surface area contributed by atoms with Crippen LogP contribution in [0.1, 0.15) is 90.0 Å². The van der Waals surface area contributed by atoms with Crippen molar-refractivity contribution in [2.24, 2.45) is 0 Å². The van der Waals surface area contributed by atoms with Gasteiger partial charge in [0.15, 0.2) is 0 Å². The summed E-state index contributed by atoms with van der Waals surface area (Å²) in [6.45, 7) is 4.05. The van der Waals surface area contributed by atoms with Crippen molar-refractivity contribution in [1.29, 1.82) is 0 Å². The number of benzene rings is 1. The van der Waals surface area contributed by atoms with Crippen LogP contribution in [0, 0.1) is 0 Å². The highest BCUT2D eigenvalue weighted by atomic mass is 31.2. The van der Waals surface area contributed by atoms with Gasteiger partial charge in [-0.2, -0.15) is 0 Å². The number of phosphoric acid groups is 1. The molecule has 0 spiro atoms. The highest BCUT2D eigenvalue weighted by Crippen LogP contribution is 2.43. The van der Waals surface area contributed by atoms with Gasteiger partial charge in [0.25, 0.3) is 0 Å². The summed E-state index contributed by atoms with van der Waals surface area (Å²) >= 11 is 0. The summed E-state index contributed by atoms with van der Waals surface area (Å²) in [5.74, 6) is 0.361. The second kappa shape index (κ2) is 15.8. The van der Waals surface area contributed by atoms with Crippen LogP contribution in [0.15, 0.2) is 36.4 Å². The quantitative estimate of drug-likeness (QED) is 0.163. The normalized spacial score (nSPS) is 13.7. The molecule has 0 aliphatic heterocycles. The largest absolute Gasteiger partial charge is 0.527 e. The molecule has 28 heavy (non-hydrogen) atoms. The summed E-state index contributed by atoms with van der Waals surface area (Å²) < 4.78 is 21.5. The van der Waals surface area contributed by atoms with Crippen molar-refractivity contribution in [2.75, 3.05) is 6.61 Å². The maximum absolute atomic E-state index is 11.7. The van der Waals surface area contributed by atoms with E-state index in [2.05, 4.69) is 19.1 Å². The number of phosphoric ester groups is 1. The fourth-order valence-electron chi connectivity index (χ4n) is 3.14. The summed E-state index contributed by atoms with van der Waals surface area (Å²) in [6, 6.07) is 7.26. The molecule has 0 saturated heterocycles. The maximum atomic E-state index is 11.7. The first-order valence-electron chi connectivity index (χ1n) is 11.0. The van der Waals surface area contributed by atoms with E-state index in [1.54, 1.807) is 19.1 Å². The van der Waals surface area contributed by atoms with Crippen molar-refractivity contribution < 1.29 is 18.5 Å². The lowest BCUT2D eigenvalue weighted by Gasteiger charge is -2.12. The standard InChI is InChI=1S/C23H39O4P/c1-3-5-6-7-8-9-10-11-12-13-14-15-16-18-22-19-17-20-23(21-22)27-28(24,25)26-4-2/h15-17,19-21H,3-14,18H2,1-2H3,(H,24,25). The zero-order valence-corrected chi connectivity index (χ0v) is 18.7. The third-order valence-corrected chi connectivity index (χ3v) is 5.68. The highest BCUT2D eigenvalue weighted by molar-refractivity contribution is 7.47. The van der Waals surface area contributed by atoms with Crippen LogP contribution in [0.25, 0.3) is 0 Å². The van der Waals surface area contributed by atoms with Gasteiger partial charge < -0.3 is 4.52 Å². The predicted molar refractivity (Wildman–Crippen MR) is 118 cm³/mol. The molecule has 1 N–H and O–H groups in total. The fourth-order valence-corrected chi connectivity index (χ4v) is 3.90. The molecular weight excluding hydrogens is 371 g/mol. The van der Waals surface area contributed by atoms with Gasteiger partial charge in [0.1, 0.15) is 5.75 Å². The first-order valence-corrected chi connectivity index (χ1v) is 12.5. The van der Waals surface area contributed by atoms with Gasteiger partial charge in [-0.1, -0.05) is 89.0 Å². The van der Waals surface area contributed by atoms with Crippen molar-refractivity contribution >= 4 is 7.82 Å². The molecule has 0 fully saturated rings. The lowest BCUT2D eigenvalue weighted by atomic mass is 10.1. The first-order chi connectivity index (χ1) is 13.6. The van der Waals surface area contributed by atoms with Crippen molar-refractivity contribution in [3.63, 3.8) is 0 Å². The lowest BCUT2D eigenvalue weighted by molar-refractivity contribution is 0.213. The van der Waals surface area contributed by atoms with Gasteiger partial charge in [-0.05, 0) is 43.9 Å². The second-order valence-electron chi connectivity index (χ2n) is 7.27. The average molecular weight is 411 g/mol. The van der Waals surface area contributed by atoms with E-state index in [0.717, 1.165) is 18.4 Å². The zero-order valence-electron chi connectivity index (χ0n) is 17.8. The van der Waals surface area contributed by atoms with Crippen molar-refractivity contribution in [2.45, 2.75) is 90.9 Å². The van der Waals surface area contributed by atoms with E-state index in [-0.39, 0.29) is 6.61 Å². The molecule has 4 nitrogen and oxygen atoms in total. The van der Waals surface area contributed by atoms with Gasteiger partial charge >= 0.3 is 7.82 Å². The van der Waals surface area contributed by atoms with Crippen LogP contribution in [-0.4, -0.2) is 11.5 Å². The van der Waals surface area contributed by atoms with E-state index in [4.69, 9.17) is 9.05 Å². The third-order valence-electron chi connectivity index (χ3n) is 4.66. The van der Waals surface area contributed by atoms with E-state index >= 15 is 0 Å². The van der Waals surface area contributed by atoms with Gasteiger partial charge in [-0.15, -0.1) is 0 Å². The van der Waals surface area contributed by atoms with Crippen molar-refractivity contribution in [1.82, 2.24) is 0 Å². The molecule has 1 rings (SSSR count). The van der Waals surface area contributed by atoms with Gasteiger partial charge in [-0.3, -0.25) is 9.42 Å². The van der Waals surface area contributed by atoms with E-state index < -0.39 is 7.82 Å². The Morgan fingerprint density at radius 2 is 1.57 bits per heavy atom. The smallest absolute Gasteiger partial charge is 0.404 e. The molecule has 0 aliphatic rings. The Balaban J connectivity index is 2.12. The first kappa shape index (κ1) is 24.9. The SMILES string of the molecule is CCCCCCCCCCCCC=CCc1cccc(OP(=O)(O)OCC)c1. The maximum Gasteiger partial charge on any atom is 0.527 e. The molecule has 1 aromatic carbocycles. The predicted octanol–water partition coefficient (Wildman–Crippen LogP) is 7.61. The van der Waals surface area contributed by atoms with Gasteiger partial charge in [0, 0.05) is 0 Å². The number of hydrogen-bond acceptors (Lipinski definition) is 3. The van der Waals surface area contributed by atoms with E-state index in [1.807, 2.05) is 12.1 Å². The lowest BCUT2D eigenvalue weighted by Crippen LogP contribution is -1.97. The second-order valence-corrected chi connectivity index (χ2v) is 8.65. The van der Waals surface area contributed by atoms with Crippen molar-refractivity contribution in [3.05, 3.63) is 42.0 Å². The molecule has 160 valence electrons. The minimum Gasteiger partial charge on any atom is -0.404 e. The van der Waals surface area contributed by atoms with E-state index in [9.17, 15) is 9.46 Å². The molecule has 0 amide bonds. The minimum atomic E-state index is -4.01. The number of rotatable bonds is 17. The molecule has 1 aromatic rings. The summed E-state index contributed by atoms with van der Waals surface area (Å²) in [7, 11) is -4.01. The summed E-state index contributed by atoms with van der Waals surface area (Å²) in [6.07, 6.45) is 19.9. The molecular formula is C23H39O4P. The molecule has 1 unspecified atom stereocenters. The van der Waals surface area contributed by atoms with Crippen LogP contribution in [0.3, 0.4) is 0 Å². The van der Waals surface area contributed by atoms with Crippen LogP contribution in [0.2, 0.25) is 0 Å². The van der Waals surface area contributed by atoms with Gasteiger partial charge in [0.05, 0.1) is 6.61 Å². The van der Waals surface area contributed by atoms with Crippen LogP contribution in [0.5, 0.6) is 5.75 Å². The molecule has 1 atom stereocenters. The van der Waals surface area contributed by atoms with Crippen molar-refractivity contribution in [3.8, 4) is 5.75 Å². The van der Waals surface area contributed by atoms with Crippen LogP contribution >= 0.6 is 7.82 Å². The topological polar surface area (TPSA) is 55.8 Å². The monoisotopic (exact) mass is 410 g/mol. The molecule has 0 radical (unpaired) electrons. The van der Waals surface area contributed by atoms with Gasteiger partial charge in [0.2, 0.25) is 0 Å². The molecule has 0 aromatic heterocycles. The minimum absolute atomic E-state index is 0.134. The summed E-state index contributed by atoms with van der Waals surface area (Å²) in [4.78, 5) is 9.55. The third kappa shape index (κ3) is 13.1. The number of allylic oxidation sites excluding steroid dienone is 2. The number of hydrogen-bond donors (Lipinski definition) is 1. The van der Waals surface area contributed by atoms with Gasteiger partial charge in [-0.25, -0.2) is 4.57 Å². The molecule has 0 heterocycles. The van der Waals surface area contributed by atoms with Crippen LogP contribution in [0.4, 0.5) is 0 Å². The molecule has 0 aliphatic carbocycles. The molecule has 0 saturated carbocycles. The summed E-state index contributed by atoms with van der Waals surface area (Å²) in [5.41, 5.74) is 1.05. The Bertz CT molecular complexity index is 586. The highest BCUT2D eigenvalue weighted by Gasteiger charge is 2.21. The fraction of sp³-hybridized carbons (Fsp3) is 0.652. The molecule has 5 heteroatoms.